The summed E-state index contributed by atoms with van der Waals surface area (Å²) in [7, 11) is 0. The van der Waals surface area contributed by atoms with Gasteiger partial charge in [-0.25, -0.2) is 0 Å². The minimum Gasteiger partial charge on any atom is -0.354 e. The lowest BCUT2D eigenvalue weighted by Crippen LogP contribution is -2.35. The lowest BCUT2D eigenvalue weighted by Gasteiger charge is -2.13. The van der Waals surface area contributed by atoms with Gasteiger partial charge in [-0.15, -0.1) is 0 Å². The van der Waals surface area contributed by atoms with Crippen molar-refractivity contribution in [1.29, 1.82) is 0 Å². The molecule has 1 atom stereocenters. The van der Waals surface area contributed by atoms with Crippen LogP contribution in [0.25, 0.3) is 0 Å². The monoisotopic (exact) mass is 300 g/mol. The van der Waals surface area contributed by atoms with Gasteiger partial charge in [-0.3, -0.25) is 9.89 Å². The van der Waals surface area contributed by atoms with Crippen LogP contribution in [0.3, 0.4) is 0 Å². The first-order valence-corrected chi connectivity index (χ1v) is 7.51. The molecule has 2 rings (SSSR count). The summed E-state index contributed by atoms with van der Waals surface area (Å²) >= 11 is 0. The summed E-state index contributed by atoms with van der Waals surface area (Å²) in [6.07, 6.45) is 0.801. The summed E-state index contributed by atoms with van der Waals surface area (Å²) < 4.78 is 0. The summed E-state index contributed by atoms with van der Waals surface area (Å²) in [4.78, 5) is 12.2. The molecule has 5 heteroatoms. The zero-order valence-corrected chi connectivity index (χ0v) is 13.7. The Bertz CT molecular complexity index is 656. The number of carbonyl (C=O) groups excluding carboxylic acids is 1. The Morgan fingerprint density at radius 2 is 2.05 bits per heavy atom. The molecule has 118 valence electrons. The van der Waals surface area contributed by atoms with Crippen molar-refractivity contribution >= 4 is 5.91 Å². The SMILES string of the molecule is Cc1ccc(C)c(CCNC(=O)[C@@H](N)c2c(C)n[nH]c2C)c1. The van der Waals surface area contributed by atoms with E-state index in [4.69, 9.17) is 5.73 Å². The second-order valence-electron chi connectivity index (χ2n) is 5.80. The number of nitrogens with zero attached hydrogens (tertiary/aromatic N) is 1. The highest BCUT2D eigenvalue weighted by molar-refractivity contribution is 5.83. The van der Waals surface area contributed by atoms with E-state index in [1.165, 1.54) is 16.7 Å². The van der Waals surface area contributed by atoms with Crippen LogP contribution in [0, 0.1) is 27.7 Å². The van der Waals surface area contributed by atoms with Gasteiger partial charge < -0.3 is 11.1 Å². The van der Waals surface area contributed by atoms with Gasteiger partial charge in [0.25, 0.3) is 0 Å². The lowest BCUT2D eigenvalue weighted by atomic mass is 10.0. The van der Waals surface area contributed by atoms with Crippen molar-refractivity contribution in [2.75, 3.05) is 6.54 Å². The molecule has 0 bridgehead atoms. The van der Waals surface area contributed by atoms with E-state index in [-0.39, 0.29) is 5.91 Å². The molecule has 0 radical (unpaired) electrons. The molecule has 0 aliphatic carbocycles. The van der Waals surface area contributed by atoms with Gasteiger partial charge in [-0.05, 0) is 45.2 Å². The molecule has 5 nitrogen and oxygen atoms in total. The van der Waals surface area contributed by atoms with Gasteiger partial charge in [0.1, 0.15) is 6.04 Å². The maximum absolute atomic E-state index is 12.2. The highest BCUT2D eigenvalue weighted by Crippen LogP contribution is 2.17. The Labute approximate surface area is 131 Å². The molecule has 1 aromatic heterocycles. The average Bonchev–Trinajstić information content (AvgIpc) is 2.81. The Morgan fingerprint density at radius 3 is 2.68 bits per heavy atom. The quantitative estimate of drug-likeness (QED) is 0.789. The Balaban J connectivity index is 1.94. The average molecular weight is 300 g/mol. The molecule has 0 spiro atoms. The van der Waals surface area contributed by atoms with Crippen molar-refractivity contribution in [3.63, 3.8) is 0 Å². The van der Waals surface area contributed by atoms with Crippen LogP contribution in [-0.2, 0) is 11.2 Å². The Hall–Kier alpha value is -2.14. The number of carbonyl (C=O) groups is 1. The number of hydrogen-bond donors (Lipinski definition) is 3. The molecule has 4 N–H and O–H groups in total. The molecule has 1 heterocycles. The van der Waals surface area contributed by atoms with Gasteiger partial charge in [-0.2, -0.15) is 5.10 Å². The molecule has 1 aromatic carbocycles. The molecular formula is C17H24N4O. The second kappa shape index (κ2) is 6.75. The lowest BCUT2D eigenvalue weighted by molar-refractivity contribution is -0.122. The van der Waals surface area contributed by atoms with Gasteiger partial charge in [0.05, 0.1) is 5.69 Å². The molecule has 0 aliphatic heterocycles. The molecule has 0 fully saturated rings. The smallest absolute Gasteiger partial charge is 0.241 e. The molecule has 1 amide bonds. The van der Waals surface area contributed by atoms with E-state index in [1.54, 1.807) is 0 Å². The predicted octanol–water partition coefficient (Wildman–Crippen LogP) is 2.00. The topological polar surface area (TPSA) is 83.8 Å². The maximum atomic E-state index is 12.2. The number of amides is 1. The van der Waals surface area contributed by atoms with Crippen LogP contribution in [0.15, 0.2) is 18.2 Å². The van der Waals surface area contributed by atoms with Crippen LogP contribution in [0.1, 0.15) is 39.7 Å². The third kappa shape index (κ3) is 3.54. The second-order valence-corrected chi connectivity index (χ2v) is 5.80. The third-order valence-corrected chi connectivity index (χ3v) is 3.98. The number of aromatic amines is 1. The van der Waals surface area contributed by atoms with Crippen molar-refractivity contribution in [3.05, 3.63) is 51.8 Å². The summed E-state index contributed by atoms with van der Waals surface area (Å²) in [5, 5.41) is 9.86. The molecule has 0 saturated carbocycles. The number of rotatable bonds is 5. The van der Waals surface area contributed by atoms with Gasteiger partial charge in [0.2, 0.25) is 5.91 Å². The van der Waals surface area contributed by atoms with Crippen LogP contribution < -0.4 is 11.1 Å². The summed E-state index contributed by atoms with van der Waals surface area (Å²) in [6, 6.07) is 5.68. The van der Waals surface area contributed by atoms with Gasteiger partial charge in [0.15, 0.2) is 0 Å². The molecule has 22 heavy (non-hydrogen) atoms. The Kier molecular flexibility index (Phi) is 4.98. The fourth-order valence-corrected chi connectivity index (χ4v) is 2.65. The number of nitrogens with two attached hydrogens (primary N) is 1. The van der Waals surface area contributed by atoms with E-state index in [0.717, 1.165) is 23.4 Å². The van der Waals surface area contributed by atoms with E-state index >= 15 is 0 Å². The largest absolute Gasteiger partial charge is 0.354 e. The van der Waals surface area contributed by atoms with E-state index < -0.39 is 6.04 Å². The van der Waals surface area contributed by atoms with Gasteiger partial charge in [0, 0.05) is 17.8 Å². The zero-order valence-electron chi connectivity index (χ0n) is 13.7. The van der Waals surface area contributed by atoms with Crippen molar-refractivity contribution in [1.82, 2.24) is 15.5 Å². The van der Waals surface area contributed by atoms with Gasteiger partial charge >= 0.3 is 0 Å². The highest BCUT2D eigenvalue weighted by Gasteiger charge is 2.21. The Morgan fingerprint density at radius 1 is 1.32 bits per heavy atom. The first-order valence-electron chi connectivity index (χ1n) is 7.51. The van der Waals surface area contributed by atoms with Crippen LogP contribution in [0.5, 0.6) is 0 Å². The van der Waals surface area contributed by atoms with Crippen LogP contribution in [0.4, 0.5) is 0 Å². The summed E-state index contributed by atoms with van der Waals surface area (Å²) in [5.41, 5.74) is 12.2. The molecular weight excluding hydrogens is 276 g/mol. The molecule has 0 aliphatic rings. The number of nitrogens with one attached hydrogen (secondary N) is 2. The molecule has 0 unspecified atom stereocenters. The van der Waals surface area contributed by atoms with Crippen LogP contribution >= 0.6 is 0 Å². The van der Waals surface area contributed by atoms with Crippen LogP contribution in [-0.4, -0.2) is 22.6 Å². The normalized spacial score (nSPS) is 12.2. The maximum Gasteiger partial charge on any atom is 0.241 e. The van der Waals surface area contributed by atoms with Crippen molar-refractivity contribution in [2.24, 2.45) is 5.73 Å². The zero-order chi connectivity index (χ0) is 16.3. The fourth-order valence-electron chi connectivity index (χ4n) is 2.65. The number of benzene rings is 1. The predicted molar refractivity (Wildman–Crippen MR) is 87.6 cm³/mol. The number of aryl methyl sites for hydroxylation is 4. The minimum atomic E-state index is -0.683. The van der Waals surface area contributed by atoms with E-state index in [1.807, 2.05) is 13.8 Å². The van der Waals surface area contributed by atoms with Crippen LogP contribution in [0.2, 0.25) is 0 Å². The number of H-pyrrole nitrogens is 1. The van der Waals surface area contributed by atoms with E-state index in [9.17, 15) is 4.79 Å². The fraction of sp³-hybridized carbons (Fsp3) is 0.412. The number of aromatic nitrogens is 2. The standard InChI is InChI=1S/C17H24N4O/c1-10-5-6-11(2)14(9-10)7-8-19-17(22)16(18)15-12(3)20-21-13(15)4/h5-6,9,16H,7-8,18H2,1-4H3,(H,19,22)(H,20,21)/t16-/m0/s1. The van der Waals surface area contributed by atoms with Crippen molar-refractivity contribution < 1.29 is 4.79 Å². The third-order valence-electron chi connectivity index (χ3n) is 3.98. The van der Waals surface area contributed by atoms with E-state index in [2.05, 4.69) is 47.6 Å². The molecule has 2 aromatic rings. The van der Waals surface area contributed by atoms with E-state index in [0.29, 0.717) is 6.54 Å². The first kappa shape index (κ1) is 16.2. The highest BCUT2D eigenvalue weighted by atomic mass is 16.2. The summed E-state index contributed by atoms with van der Waals surface area (Å²) in [5.74, 6) is -0.169. The van der Waals surface area contributed by atoms with Gasteiger partial charge in [-0.1, -0.05) is 23.8 Å². The van der Waals surface area contributed by atoms with Crippen molar-refractivity contribution in [3.8, 4) is 0 Å². The number of hydrogen-bond acceptors (Lipinski definition) is 3. The first-order chi connectivity index (χ1) is 10.4. The minimum absolute atomic E-state index is 0.169. The molecule has 0 saturated heterocycles. The van der Waals surface area contributed by atoms with Crippen molar-refractivity contribution in [2.45, 2.75) is 40.2 Å². The summed E-state index contributed by atoms with van der Waals surface area (Å²) in [6.45, 7) is 8.45.